The van der Waals surface area contributed by atoms with Crippen molar-refractivity contribution in [1.29, 1.82) is 0 Å². The van der Waals surface area contributed by atoms with Crippen molar-refractivity contribution < 1.29 is 23.2 Å². The zero-order valence-electron chi connectivity index (χ0n) is 17.3. The van der Waals surface area contributed by atoms with Crippen molar-refractivity contribution in [3.8, 4) is 17.2 Å². The first-order valence-electron chi connectivity index (χ1n) is 9.51. The summed E-state index contributed by atoms with van der Waals surface area (Å²) in [6, 6.07) is 18.0. The van der Waals surface area contributed by atoms with Crippen LogP contribution >= 0.6 is 0 Å². The maximum atomic E-state index is 13.3. The van der Waals surface area contributed by atoms with Gasteiger partial charge in [0.25, 0.3) is 5.91 Å². The summed E-state index contributed by atoms with van der Waals surface area (Å²) in [5.41, 5.74) is 1.93. The molecule has 0 unspecified atom stereocenters. The van der Waals surface area contributed by atoms with Crippen molar-refractivity contribution in [2.45, 2.75) is 9.79 Å². The van der Waals surface area contributed by atoms with Gasteiger partial charge in [-0.25, -0.2) is 4.21 Å². The summed E-state index contributed by atoms with van der Waals surface area (Å²) in [5.74, 6) is 1.22. The third kappa shape index (κ3) is 3.68. The molecule has 4 rings (SSSR count). The number of ether oxygens (including phenoxy) is 3. The van der Waals surface area contributed by atoms with Crippen molar-refractivity contribution in [3.05, 3.63) is 72.3 Å². The molecular formula is C24H21NO5S. The monoisotopic (exact) mass is 435 g/mol. The number of hydrogen-bond donors (Lipinski definition) is 0. The fourth-order valence-electron chi connectivity index (χ4n) is 3.52. The van der Waals surface area contributed by atoms with Crippen LogP contribution in [-0.4, -0.2) is 31.4 Å². The quantitative estimate of drug-likeness (QED) is 0.550. The normalized spacial score (nSPS) is 12.9. The van der Waals surface area contributed by atoms with Crippen LogP contribution < -0.4 is 19.1 Å². The molecule has 0 saturated carbocycles. The number of anilines is 2. The molecule has 0 radical (unpaired) electrons. The minimum Gasteiger partial charge on any atom is -0.493 e. The van der Waals surface area contributed by atoms with Gasteiger partial charge in [0, 0.05) is 6.08 Å². The summed E-state index contributed by atoms with van der Waals surface area (Å²) in [7, 11) is 3.27. The van der Waals surface area contributed by atoms with E-state index in [1.807, 2.05) is 24.3 Å². The molecule has 0 aromatic heterocycles. The fourth-order valence-corrected chi connectivity index (χ4v) is 4.86. The van der Waals surface area contributed by atoms with Gasteiger partial charge in [0.05, 0.1) is 53.3 Å². The van der Waals surface area contributed by atoms with Crippen molar-refractivity contribution >= 4 is 34.2 Å². The molecule has 0 fully saturated rings. The Morgan fingerprint density at radius 3 is 1.84 bits per heavy atom. The number of benzene rings is 3. The molecule has 0 saturated heterocycles. The number of fused-ring (bicyclic) bond motifs is 2. The largest absolute Gasteiger partial charge is 0.493 e. The minimum absolute atomic E-state index is 0.259. The van der Waals surface area contributed by atoms with Gasteiger partial charge >= 0.3 is 0 Å². The van der Waals surface area contributed by atoms with Gasteiger partial charge in [0.2, 0.25) is 5.75 Å². The Kier molecular flexibility index (Phi) is 5.77. The first-order chi connectivity index (χ1) is 15.1. The molecule has 1 aliphatic heterocycles. The van der Waals surface area contributed by atoms with E-state index in [0.29, 0.717) is 44.0 Å². The molecule has 7 heteroatoms. The first-order valence-corrected chi connectivity index (χ1v) is 10.7. The lowest BCUT2D eigenvalue weighted by Crippen LogP contribution is -2.29. The molecule has 0 atom stereocenters. The summed E-state index contributed by atoms with van der Waals surface area (Å²) in [5, 5.41) is 0. The van der Waals surface area contributed by atoms with Crippen LogP contribution in [-0.2, 0) is 15.6 Å². The number of amides is 1. The molecule has 1 aliphatic rings. The molecular weight excluding hydrogens is 414 g/mol. The molecule has 0 spiro atoms. The van der Waals surface area contributed by atoms with Crippen LogP contribution in [0.4, 0.5) is 11.4 Å². The highest BCUT2D eigenvalue weighted by Crippen LogP contribution is 2.42. The van der Waals surface area contributed by atoms with Crippen molar-refractivity contribution in [1.82, 2.24) is 0 Å². The summed E-state index contributed by atoms with van der Waals surface area (Å²) in [6.45, 7) is 0. The van der Waals surface area contributed by atoms with Gasteiger partial charge in [-0.15, -0.1) is 0 Å². The predicted molar refractivity (Wildman–Crippen MR) is 120 cm³/mol. The summed E-state index contributed by atoms with van der Waals surface area (Å²) < 4.78 is 29.1. The van der Waals surface area contributed by atoms with Crippen molar-refractivity contribution in [2.75, 3.05) is 26.2 Å². The number of carbonyl (C=O) groups is 1. The Labute approximate surface area is 183 Å². The average Bonchev–Trinajstić information content (AvgIpc) is 2.82. The Morgan fingerprint density at radius 2 is 1.35 bits per heavy atom. The topological polar surface area (TPSA) is 65.1 Å². The Hall–Kier alpha value is -3.58. The van der Waals surface area contributed by atoms with E-state index in [1.165, 1.54) is 27.4 Å². The van der Waals surface area contributed by atoms with E-state index in [0.717, 1.165) is 0 Å². The molecule has 158 valence electrons. The van der Waals surface area contributed by atoms with Gasteiger partial charge in [-0.3, -0.25) is 9.69 Å². The molecule has 1 heterocycles. The van der Waals surface area contributed by atoms with Gasteiger partial charge in [-0.2, -0.15) is 0 Å². The third-order valence-corrected chi connectivity index (χ3v) is 6.43. The average molecular weight is 436 g/mol. The standard InChI is InChI=1S/C24H21NO5S/c1-28-19-14-16(15-20(29-2)24(19)30-3)12-13-23(26)25-17-8-4-6-10-21(17)31(27)22-11-7-5-9-18(22)25/h4-15H,1-3H3/b13-12+. The maximum Gasteiger partial charge on any atom is 0.255 e. The first kappa shape index (κ1) is 20.7. The summed E-state index contributed by atoms with van der Waals surface area (Å²) in [4.78, 5) is 16.1. The van der Waals surface area contributed by atoms with Crippen LogP contribution in [0.3, 0.4) is 0 Å². The van der Waals surface area contributed by atoms with E-state index in [9.17, 15) is 9.00 Å². The molecule has 31 heavy (non-hydrogen) atoms. The Bertz CT molecular complexity index is 1130. The van der Waals surface area contributed by atoms with Crippen LogP contribution in [0.1, 0.15) is 5.56 Å². The van der Waals surface area contributed by atoms with Gasteiger partial charge < -0.3 is 14.2 Å². The minimum atomic E-state index is -1.34. The summed E-state index contributed by atoms with van der Waals surface area (Å²) >= 11 is 0. The van der Waals surface area contributed by atoms with Gasteiger partial charge in [-0.1, -0.05) is 24.3 Å². The molecule has 3 aromatic carbocycles. The number of para-hydroxylation sites is 2. The number of hydrogen-bond acceptors (Lipinski definition) is 5. The smallest absolute Gasteiger partial charge is 0.255 e. The number of nitrogens with zero attached hydrogens (tertiary/aromatic N) is 1. The van der Waals surface area contributed by atoms with Crippen LogP contribution in [0, 0.1) is 0 Å². The third-order valence-electron chi connectivity index (χ3n) is 4.94. The SMILES string of the molecule is COc1cc(/C=C/C(=O)N2c3ccccc3S(=O)c3ccccc32)cc(OC)c1OC. The summed E-state index contributed by atoms with van der Waals surface area (Å²) in [6.07, 6.45) is 3.16. The van der Waals surface area contributed by atoms with Crippen LogP contribution in [0.2, 0.25) is 0 Å². The number of rotatable bonds is 5. The Morgan fingerprint density at radius 1 is 0.839 bits per heavy atom. The van der Waals surface area contributed by atoms with Crippen LogP contribution in [0.25, 0.3) is 6.08 Å². The van der Waals surface area contributed by atoms with E-state index in [1.54, 1.807) is 47.4 Å². The zero-order chi connectivity index (χ0) is 22.0. The van der Waals surface area contributed by atoms with E-state index >= 15 is 0 Å². The van der Waals surface area contributed by atoms with Crippen LogP contribution in [0.5, 0.6) is 17.2 Å². The van der Waals surface area contributed by atoms with Gasteiger partial charge in [0.1, 0.15) is 0 Å². The molecule has 1 amide bonds. The maximum absolute atomic E-state index is 13.3. The predicted octanol–water partition coefficient (Wildman–Crippen LogP) is 4.57. The van der Waals surface area contributed by atoms with Crippen LogP contribution in [0.15, 0.2) is 76.5 Å². The van der Waals surface area contributed by atoms with E-state index in [2.05, 4.69) is 0 Å². The molecule has 0 N–H and O–H groups in total. The lowest BCUT2D eigenvalue weighted by molar-refractivity contribution is -0.113. The second-order valence-corrected chi connectivity index (χ2v) is 8.09. The lowest BCUT2D eigenvalue weighted by Gasteiger charge is -2.30. The highest BCUT2D eigenvalue weighted by atomic mass is 32.2. The number of carbonyl (C=O) groups excluding carboxylic acids is 1. The lowest BCUT2D eigenvalue weighted by atomic mass is 10.1. The molecule has 6 nitrogen and oxygen atoms in total. The van der Waals surface area contributed by atoms with E-state index in [-0.39, 0.29) is 5.91 Å². The zero-order valence-corrected chi connectivity index (χ0v) is 18.1. The van der Waals surface area contributed by atoms with Crippen molar-refractivity contribution in [3.63, 3.8) is 0 Å². The second-order valence-electron chi connectivity index (χ2n) is 6.67. The number of methoxy groups -OCH3 is 3. The van der Waals surface area contributed by atoms with E-state index in [4.69, 9.17) is 14.2 Å². The fraction of sp³-hybridized carbons (Fsp3) is 0.125. The van der Waals surface area contributed by atoms with E-state index < -0.39 is 10.8 Å². The second kappa shape index (κ2) is 8.65. The highest BCUT2D eigenvalue weighted by molar-refractivity contribution is 7.85. The highest BCUT2D eigenvalue weighted by Gasteiger charge is 2.30. The Balaban J connectivity index is 1.74. The van der Waals surface area contributed by atoms with Gasteiger partial charge in [-0.05, 0) is 48.0 Å². The molecule has 0 aliphatic carbocycles. The molecule has 3 aromatic rings. The van der Waals surface area contributed by atoms with Gasteiger partial charge in [0.15, 0.2) is 11.5 Å². The van der Waals surface area contributed by atoms with Crippen molar-refractivity contribution in [2.24, 2.45) is 0 Å². The molecule has 0 bridgehead atoms.